The largest absolute Gasteiger partial charge is 0.383 e. The Bertz CT molecular complexity index is 1180. The number of unbranched alkanes of at least 4 members (excludes halogenated alkanes) is 22. The molecule has 0 radical (unpaired) electrons. The molecule has 4 amide bonds. The van der Waals surface area contributed by atoms with Crippen molar-refractivity contribution in [3.63, 3.8) is 0 Å². The van der Waals surface area contributed by atoms with Crippen LogP contribution in [0.4, 0.5) is 0 Å². The van der Waals surface area contributed by atoms with Crippen molar-refractivity contribution in [2.24, 2.45) is 11.8 Å². The summed E-state index contributed by atoms with van der Waals surface area (Å²) < 4.78 is 10.7. The lowest BCUT2D eigenvalue weighted by atomic mass is 10.00. The first-order valence-electron chi connectivity index (χ1n) is 28.1. The number of hydrogen-bond acceptors (Lipinski definition) is 7. The number of rotatable bonds is 48. The van der Waals surface area contributed by atoms with E-state index in [0.29, 0.717) is 65.3 Å². The van der Waals surface area contributed by atoms with Crippen molar-refractivity contribution in [3.8, 4) is 0 Å². The minimum Gasteiger partial charge on any atom is -0.383 e. The van der Waals surface area contributed by atoms with Gasteiger partial charge in [-0.2, -0.15) is 0 Å². The Morgan fingerprint density at radius 2 is 0.735 bits per heavy atom. The number of carbonyl (C=O) groups excluding carboxylic acids is 4. The van der Waals surface area contributed by atoms with Gasteiger partial charge in [-0.3, -0.25) is 19.2 Å². The van der Waals surface area contributed by atoms with Crippen LogP contribution in [-0.4, -0.2) is 124 Å². The third-order valence-electron chi connectivity index (χ3n) is 13.1. The maximum absolute atomic E-state index is 13.7. The highest BCUT2D eigenvalue weighted by Crippen LogP contribution is 2.18. The number of nitrogens with zero attached hydrogens (tertiary/aromatic N) is 3. The van der Waals surface area contributed by atoms with Crippen molar-refractivity contribution in [1.82, 2.24) is 25.3 Å². The predicted octanol–water partition coefficient (Wildman–Crippen LogP) is 12.2. The fraction of sp³-hybridized carbons (Fsp3) is 0.860. The number of amides is 4. The number of hydrogen-bond donors (Lipinski definition) is 2. The highest BCUT2D eigenvalue weighted by molar-refractivity contribution is 5.88. The third kappa shape index (κ3) is 35.4. The van der Waals surface area contributed by atoms with Gasteiger partial charge >= 0.3 is 0 Å². The molecule has 398 valence electrons. The molecule has 2 N–H and O–H groups in total. The van der Waals surface area contributed by atoms with Gasteiger partial charge < -0.3 is 34.8 Å². The van der Waals surface area contributed by atoms with Gasteiger partial charge in [0, 0.05) is 66.3 Å². The van der Waals surface area contributed by atoms with Crippen molar-refractivity contribution in [1.29, 1.82) is 0 Å². The Hall–Kier alpha value is -2.76. The van der Waals surface area contributed by atoms with Crippen molar-refractivity contribution < 1.29 is 28.7 Å². The molecule has 0 fully saturated rings. The lowest BCUT2D eigenvalue weighted by Crippen LogP contribution is -2.54. The summed E-state index contributed by atoms with van der Waals surface area (Å²) in [6.45, 7) is 16.0. The van der Waals surface area contributed by atoms with Gasteiger partial charge in [-0.1, -0.05) is 169 Å². The molecule has 0 aromatic carbocycles. The summed E-state index contributed by atoms with van der Waals surface area (Å²) in [5.74, 6) is -0.428. The molecule has 0 aliphatic carbocycles. The van der Waals surface area contributed by atoms with Gasteiger partial charge in [0.2, 0.25) is 23.6 Å². The maximum atomic E-state index is 13.7. The van der Waals surface area contributed by atoms with Crippen LogP contribution in [0.2, 0.25) is 0 Å². The molecule has 0 aromatic heterocycles. The molecule has 0 saturated heterocycles. The lowest BCUT2D eigenvalue weighted by molar-refractivity contribution is -0.143. The van der Waals surface area contributed by atoms with E-state index in [4.69, 9.17) is 9.47 Å². The number of methoxy groups -OCH3 is 2. The molecule has 0 aliphatic heterocycles. The van der Waals surface area contributed by atoms with Crippen molar-refractivity contribution in [2.75, 3.05) is 73.7 Å². The lowest BCUT2D eigenvalue weighted by Gasteiger charge is -2.34. The maximum Gasteiger partial charge on any atom is 0.243 e. The van der Waals surface area contributed by atoms with Gasteiger partial charge in [0.15, 0.2) is 0 Å². The quantitative estimate of drug-likeness (QED) is 0.0460. The summed E-state index contributed by atoms with van der Waals surface area (Å²) in [6.07, 6.45) is 41.6. The average Bonchev–Trinajstić information content (AvgIpc) is 3.30. The number of allylic oxidation sites excluding steroid dienone is 4. The van der Waals surface area contributed by atoms with E-state index in [-0.39, 0.29) is 35.5 Å². The molecule has 11 nitrogen and oxygen atoms in total. The SMILES string of the molecule is CCCCCCCC/C=C\CCCCCCCC(=O)N(CCOC)C(C(=O)NCCN(C)CCNC(=O)C(C(C)C)N(CCOC)C(=O)CCCCCCC/C=C\CCCCCCCC)C(C)C. The van der Waals surface area contributed by atoms with Crippen LogP contribution >= 0.6 is 0 Å². The molecule has 0 rings (SSSR count). The number of likely N-dealkylation sites (N-methyl/N-ethyl adjacent to an activating group) is 1. The van der Waals surface area contributed by atoms with Crippen molar-refractivity contribution >= 4 is 23.6 Å². The monoisotopic (exact) mass is 960 g/mol. The number of ether oxygens (including phenoxy) is 2. The zero-order chi connectivity index (χ0) is 50.5. The van der Waals surface area contributed by atoms with Crippen LogP contribution in [0.15, 0.2) is 24.3 Å². The highest BCUT2D eigenvalue weighted by Gasteiger charge is 2.33. The summed E-state index contributed by atoms with van der Waals surface area (Å²) in [4.78, 5) is 60.0. The molecule has 0 aliphatic rings. The Kier molecular flexibility index (Phi) is 44.7. The summed E-state index contributed by atoms with van der Waals surface area (Å²) in [7, 11) is 5.20. The summed E-state index contributed by atoms with van der Waals surface area (Å²) >= 11 is 0. The van der Waals surface area contributed by atoms with Crippen molar-refractivity contribution in [3.05, 3.63) is 24.3 Å². The van der Waals surface area contributed by atoms with Crippen LogP contribution in [0.25, 0.3) is 0 Å². The fourth-order valence-corrected chi connectivity index (χ4v) is 8.87. The Morgan fingerprint density at radius 1 is 0.441 bits per heavy atom. The molecule has 11 heteroatoms. The molecule has 2 unspecified atom stereocenters. The minimum absolute atomic E-state index is 0.00615. The van der Waals surface area contributed by atoms with E-state index in [1.54, 1.807) is 24.0 Å². The number of nitrogens with one attached hydrogen (secondary N) is 2. The van der Waals surface area contributed by atoms with Gasteiger partial charge in [0.25, 0.3) is 0 Å². The molecular formula is C57H109N5O6. The second kappa shape index (κ2) is 46.6. The third-order valence-corrected chi connectivity index (χ3v) is 13.1. The van der Waals surface area contributed by atoms with Gasteiger partial charge in [-0.25, -0.2) is 0 Å². The Morgan fingerprint density at radius 3 is 1.03 bits per heavy atom. The second-order valence-corrected chi connectivity index (χ2v) is 20.1. The first-order valence-corrected chi connectivity index (χ1v) is 28.1. The van der Waals surface area contributed by atoms with E-state index >= 15 is 0 Å². The first kappa shape index (κ1) is 65.2. The zero-order valence-electron chi connectivity index (χ0n) is 45.9. The summed E-state index contributed by atoms with van der Waals surface area (Å²) in [5, 5.41) is 6.18. The van der Waals surface area contributed by atoms with Gasteiger partial charge in [-0.15, -0.1) is 0 Å². The second-order valence-electron chi connectivity index (χ2n) is 20.1. The molecule has 0 aromatic rings. The van der Waals surface area contributed by atoms with E-state index in [1.807, 2.05) is 34.7 Å². The first-order chi connectivity index (χ1) is 33.0. The molecule has 0 saturated carbocycles. The molecule has 2 atom stereocenters. The summed E-state index contributed by atoms with van der Waals surface area (Å²) in [5.41, 5.74) is 0. The van der Waals surface area contributed by atoms with Crippen LogP contribution in [0.1, 0.15) is 221 Å². The van der Waals surface area contributed by atoms with Gasteiger partial charge in [0.05, 0.1) is 13.2 Å². The summed E-state index contributed by atoms with van der Waals surface area (Å²) in [6, 6.07) is -1.17. The average molecular weight is 961 g/mol. The fourth-order valence-electron chi connectivity index (χ4n) is 8.87. The van der Waals surface area contributed by atoms with Crippen LogP contribution in [0, 0.1) is 11.8 Å². The highest BCUT2D eigenvalue weighted by atomic mass is 16.5. The predicted molar refractivity (Wildman–Crippen MR) is 287 cm³/mol. The van der Waals surface area contributed by atoms with Crippen LogP contribution in [0.5, 0.6) is 0 Å². The van der Waals surface area contributed by atoms with Gasteiger partial charge in [-0.05, 0) is 83.1 Å². The smallest absolute Gasteiger partial charge is 0.243 e. The Labute approximate surface area is 419 Å². The number of carbonyl (C=O) groups is 4. The standard InChI is InChI=1S/C57H109N5O6/c1-10-12-14-16-18-20-22-24-26-28-30-32-34-36-38-40-52(63)61(46-48-67-8)54(50(3)4)56(65)58-42-44-60(7)45-43-59-57(66)55(51(5)6)62(47-49-68-9)53(64)41-39-37-35-33-31-29-27-25-23-21-19-17-15-13-11-2/h24-27,50-51,54-55H,10-23,28-49H2,1-9H3,(H,58,65)(H,59,66)/b26-24-,27-25-. The molecule has 68 heavy (non-hydrogen) atoms. The topological polar surface area (TPSA) is 121 Å². The van der Waals surface area contributed by atoms with E-state index < -0.39 is 12.1 Å². The van der Waals surface area contributed by atoms with Crippen LogP contribution < -0.4 is 10.6 Å². The minimum atomic E-state index is -0.584. The van der Waals surface area contributed by atoms with Crippen LogP contribution in [-0.2, 0) is 28.7 Å². The van der Waals surface area contributed by atoms with Crippen molar-refractivity contribution in [2.45, 2.75) is 233 Å². The normalized spacial score (nSPS) is 12.8. The molecule has 0 heterocycles. The zero-order valence-corrected chi connectivity index (χ0v) is 45.9. The molecule has 0 bridgehead atoms. The van der Waals surface area contributed by atoms with Crippen LogP contribution in [0.3, 0.4) is 0 Å². The molecule has 0 spiro atoms. The van der Waals surface area contributed by atoms with E-state index in [1.165, 1.54) is 116 Å². The Balaban J connectivity index is 4.80. The molecular weight excluding hydrogens is 851 g/mol. The van der Waals surface area contributed by atoms with E-state index in [9.17, 15) is 19.2 Å². The van der Waals surface area contributed by atoms with Gasteiger partial charge in [0.1, 0.15) is 12.1 Å². The van der Waals surface area contributed by atoms with E-state index in [2.05, 4.69) is 53.7 Å². The van der Waals surface area contributed by atoms with E-state index in [0.717, 1.165) is 51.4 Å².